The summed E-state index contributed by atoms with van der Waals surface area (Å²) < 4.78 is 1.02. The van der Waals surface area contributed by atoms with E-state index in [2.05, 4.69) is 21.2 Å². The fourth-order valence-electron chi connectivity index (χ4n) is 0.889. The van der Waals surface area contributed by atoms with Gasteiger partial charge in [0, 0.05) is 16.2 Å². The van der Waals surface area contributed by atoms with Crippen molar-refractivity contribution in [3.8, 4) is 0 Å². The molecule has 0 fully saturated rings. The molecule has 1 atom stereocenters. The van der Waals surface area contributed by atoms with Crippen LogP contribution in [-0.2, 0) is 0 Å². The Balaban J connectivity index is 2.69. The molecule has 2 N–H and O–H groups in total. The summed E-state index contributed by atoms with van der Waals surface area (Å²) in [5.41, 5.74) is 1.01. The number of anilines is 1. The lowest BCUT2D eigenvalue weighted by Crippen LogP contribution is -2.19. The number of rotatable bonds is 3. The number of nitrogens with one attached hydrogen (secondary N) is 1. The van der Waals surface area contributed by atoms with Gasteiger partial charge in [0.05, 0.1) is 6.61 Å². The molecule has 0 aliphatic rings. The molecular weight excluding hydrogens is 218 g/mol. The van der Waals surface area contributed by atoms with Gasteiger partial charge in [-0.2, -0.15) is 0 Å². The second kappa shape index (κ2) is 4.48. The van der Waals surface area contributed by atoms with Crippen molar-refractivity contribution >= 4 is 21.6 Å². The molecule has 0 heterocycles. The molecule has 0 saturated heterocycles. The molecule has 0 amide bonds. The lowest BCUT2D eigenvalue weighted by Gasteiger charge is -2.13. The van der Waals surface area contributed by atoms with Gasteiger partial charge in [0.2, 0.25) is 0 Å². The predicted octanol–water partition coefficient (Wildman–Crippen LogP) is 2.24. The standard InChI is InChI=1S/C9H12BrNO/c1-7(6-12)11-9-5-3-2-4-8(9)10/h2-5,7,11-12H,6H2,1H3/t7-/m1/s1. The fraction of sp³-hybridized carbons (Fsp3) is 0.333. The van der Waals surface area contributed by atoms with Gasteiger partial charge in [-0.3, -0.25) is 0 Å². The molecule has 1 aromatic rings. The summed E-state index contributed by atoms with van der Waals surface area (Å²) in [6, 6.07) is 7.93. The maximum Gasteiger partial charge on any atom is 0.0630 e. The normalized spacial score (nSPS) is 12.6. The Bertz CT molecular complexity index is 252. The van der Waals surface area contributed by atoms with Crippen LogP contribution in [0.2, 0.25) is 0 Å². The van der Waals surface area contributed by atoms with Crippen LogP contribution in [0.3, 0.4) is 0 Å². The smallest absolute Gasteiger partial charge is 0.0630 e. The zero-order valence-electron chi connectivity index (χ0n) is 6.92. The van der Waals surface area contributed by atoms with Crippen molar-refractivity contribution in [3.05, 3.63) is 28.7 Å². The Morgan fingerprint density at radius 1 is 1.50 bits per heavy atom. The number of aliphatic hydroxyl groups is 1. The fourth-order valence-corrected chi connectivity index (χ4v) is 1.29. The summed E-state index contributed by atoms with van der Waals surface area (Å²) in [5, 5.41) is 12.0. The minimum absolute atomic E-state index is 0.0868. The van der Waals surface area contributed by atoms with E-state index in [0.29, 0.717) is 0 Å². The average molecular weight is 230 g/mol. The first-order valence-electron chi connectivity index (χ1n) is 3.86. The molecular formula is C9H12BrNO. The van der Waals surface area contributed by atoms with E-state index in [4.69, 9.17) is 5.11 Å². The van der Waals surface area contributed by atoms with Crippen molar-refractivity contribution in [2.24, 2.45) is 0 Å². The first-order chi connectivity index (χ1) is 5.74. The van der Waals surface area contributed by atoms with Crippen LogP contribution in [0.5, 0.6) is 0 Å². The van der Waals surface area contributed by atoms with Gasteiger partial charge in [0.15, 0.2) is 0 Å². The molecule has 66 valence electrons. The highest BCUT2D eigenvalue weighted by atomic mass is 79.9. The first-order valence-corrected chi connectivity index (χ1v) is 4.65. The Morgan fingerprint density at radius 2 is 2.17 bits per heavy atom. The Morgan fingerprint density at radius 3 is 2.75 bits per heavy atom. The van der Waals surface area contributed by atoms with Gasteiger partial charge in [-0.05, 0) is 35.0 Å². The minimum atomic E-state index is 0.0868. The predicted molar refractivity (Wildman–Crippen MR) is 54.3 cm³/mol. The molecule has 1 aromatic carbocycles. The second-order valence-electron chi connectivity index (χ2n) is 2.71. The molecule has 3 heteroatoms. The van der Waals surface area contributed by atoms with Crippen molar-refractivity contribution in [1.82, 2.24) is 0 Å². The van der Waals surface area contributed by atoms with Crippen LogP contribution < -0.4 is 5.32 Å². The molecule has 2 nitrogen and oxygen atoms in total. The molecule has 0 aromatic heterocycles. The van der Waals surface area contributed by atoms with Crippen molar-refractivity contribution in [2.75, 3.05) is 11.9 Å². The van der Waals surface area contributed by atoms with Crippen LogP contribution in [0, 0.1) is 0 Å². The van der Waals surface area contributed by atoms with E-state index >= 15 is 0 Å². The Kier molecular flexibility index (Phi) is 3.56. The van der Waals surface area contributed by atoms with Gasteiger partial charge >= 0.3 is 0 Å². The van der Waals surface area contributed by atoms with Gasteiger partial charge < -0.3 is 10.4 Å². The van der Waals surface area contributed by atoms with Crippen LogP contribution >= 0.6 is 15.9 Å². The van der Waals surface area contributed by atoms with Crippen molar-refractivity contribution in [1.29, 1.82) is 0 Å². The van der Waals surface area contributed by atoms with E-state index in [1.165, 1.54) is 0 Å². The summed E-state index contributed by atoms with van der Waals surface area (Å²) in [5.74, 6) is 0. The van der Waals surface area contributed by atoms with Gasteiger partial charge in [-0.15, -0.1) is 0 Å². The number of halogens is 1. The molecule has 0 aliphatic heterocycles. The number of benzene rings is 1. The van der Waals surface area contributed by atoms with Crippen LogP contribution in [0.1, 0.15) is 6.92 Å². The van der Waals surface area contributed by atoms with Gasteiger partial charge in [-0.1, -0.05) is 12.1 Å². The van der Waals surface area contributed by atoms with Crippen molar-refractivity contribution < 1.29 is 5.11 Å². The zero-order valence-corrected chi connectivity index (χ0v) is 8.51. The highest BCUT2D eigenvalue weighted by Gasteiger charge is 2.01. The molecule has 0 radical (unpaired) electrons. The van der Waals surface area contributed by atoms with Crippen LogP contribution in [-0.4, -0.2) is 17.8 Å². The molecule has 0 bridgehead atoms. The van der Waals surface area contributed by atoms with Crippen LogP contribution in [0.4, 0.5) is 5.69 Å². The molecule has 0 spiro atoms. The van der Waals surface area contributed by atoms with Crippen molar-refractivity contribution in [2.45, 2.75) is 13.0 Å². The van der Waals surface area contributed by atoms with Gasteiger partial charge in [-0.25, -0.2) is 0 Å². The monoisotopic (exact) mass is 229 g/mol. The highest BCUT2D eigenvalue weighted by Crippen LogP contribution is 2.21. The quantitative estimate of drug-likeness (QED) is 0.834. The van der Waals surface area contributed by atoms with E-state index in [9.17, 15) is 0 Å². The van der Waals surface area contributed by atoms with Crippen LogP contribution in [0.25, 0.3) is 0 Å². The highest BCUT2D eigenvalue weighted by molar-refractivity contribution is 9.10. The molecule has 0 unspecified atom stereocenters. The van der Waals surface area contributed by atoms with E-state index < -0.39 is 0 Å². The maximum atomic E-state index is 8.81. The lowest BCUT2D eigenvalue weighted by molar-refractivity contribution is 0.281. The lowest BCUT2D eigenvalue weighted by atomic mass is 10.3. The topological polar surface area (TPSA) is 32.3 Å². The number of aliphatic hydroxyl groups excluding tert-OH is 1. The SMILES string of the molecule is C[C@H](CO)Nc1ccccc1Br. The third kappa shape index (κ3) is 2.50. The summed E-state index contributed by atoms with van der Waals surface area (Å²) in [7, 11) is 0. The van der Waals surface area contributed by atoms with E-state index in [1.54, 1.807) is 0 Å². The molecule has 0 saturated carbocycles. The van der Waals surface area contributed by atoms with Gasteiger partial charge in [0.1, 0.15) is 0 Å². The average Bonchev–Trinajstić information content (AvgIpc) is 2.09. The number of para-hydroxylation sites is 1. The summed E-state index contributed by atoms with van der Waals surface area (Å²) in [4.78, 5) is 0. The largest absolute Gasteiger partial charge is 0.394 e. The van der Waals surface area contributed by atoms with Gasteiger partial charge in [0.25, 0.3) is 0 Å². The molecule has 12 heavy (non-hydrogen) atoms. The Labute approximate surface area is 80.7 Å². The zero-order chi connectivity index (χ0) is 8.97. The molecule has 1 rings (SSSR count). The third-order valence-corrected chi connectivity index (χ3v) is 2.24. The first kappa shape index (κ1) is 9.55. The van der Waals surface area contributed by atoms with E-state index in [-0.39, 0.29) is 12.6 Å². The van der Waals surface area contributed by atoms with Crippen LogP contribution in [0.15, 0.2) is 28.7 Å². The number of hydrogen-bond acceptors (Lipinski definition) is 2. The van der Waals surface area contributed by atoms with Crippen molar-refractivity contribution in [3.63, 3.8) is 0 Å². The Hall–Kier alpha value is -0.540. The van der Waals surface area contributed by atoms with E-state index in [0.717, 1.165) is 10.2 Å². The summed E-state index contributed by atoms with van der Waals surface area (Å²) >= 11 is 3.41. The van der Waals surface area contributed by atoms with E-state index in [1.807, 2.05) is 31.2 Å². The number of hydrogen-bond donors (Lipinski definition) is 2. The second-order valence-corrected chi connectivity index (χ2v) is 3.56. The minimum Gasteiger partial charge on any atom is -0.394 e. The summed E-state index contributed by atoms with van der Waals surface area (Å²) in [6.07, 6.45) is 0. The molecule has 0 aliphatic carbocycles. The third-order valence-electron chi connectivity index (χ3n) is 1.55. The summed E-state index contributed by atoms with van der Waals surface area (Å²) in [6.45, 7) is 2.07. The maximum absolute atomic E-state index is 8.81.